The summed E-state index contributed by atoms with van der Waals surface area (Å²) in [5.74, 6) is 0. The number of rotatable bonds is 4. The molecule has 3 heteroatoms. The minimum absolute atomic E-state index is 0.0722. The minimum atomic E-state index is -0.0722. The van der Waals surface area contributed by atoms with E-state index in [-0.39, 0.29) is 11.5 Å². The van der Waals surface area contributed by atoms with Gasteiger partial charge >= 0.3 is 0 Å². The average molecular weight is 200 g/mol. The zero-order chi connectivity index (χ0) is 10.6. The van der Waals surface area contributed by atoms with Gasteiger partial charge < -0.3 is 15.7 Å². The van der Waals surface area contributed by atoms with E-state index in [9.17, 15) is 5.11 Å². The van der Waals surface area contributed by atoms with Gasteiger partial charge in [0.15, 0.2) is 0 Å². The van der Waals surface area contributed by atoms with E-state index in [1.807, 2.05) is 0 Å². The Morgan fingerprint density at radius 2 is 2.00 bits per heavy atom. The Morgan fingerprint density at radius 3 is 2.43 bits per heavy atom. The molecule has 14 heavy (non-hydrogen) atoms. The molecule has 0 aromatic carbocycles. The van der Waals surface area contributed by atoms with Crippen molar-refractivity contribution in [2.45, 2.75) is 39.2 Å². The lowest BCUT2D eigenvalue weighted by Gasteiger charge is -2.37. The summed E-state index contributed by atoms with van der Waals surface area (Å²) in [5, 5.41) is 9.39. The molecule has 0 radical (unpaired) electrons. The highest BCUT2D eigenvalue weighted by atomic mass is 16.3. The van der Waals surface area contributed by atoms with Gasteiger partial charge in [-0.2, -0.15) is 0 Å². The van der Waals surface area contributed by atoms with Crippen molar-refractivity contribution in [1.29, 1.82) is 0 Å². The van der Waals surface area contributed by atoms with Gasteiger partial charge in [-0.25, -0.2) is 0 Å². The minimum Gasteiger partial charge on any atom is -0.393 e. The van der Waals surface area contributed by atoms with Gasteiger partial charge in [-0.05, 0) is 31.2 Å². The molecular formula is C11H24N2O. The summed E-state index contributed by atoms with van der Waals surface area (Å²) >= 11 is 0. The molecule has 1 rings (SSSR count). The predicted molar refractivity (Wildman–Crippen MR) is 59.1 cm³/mol. The number of aliphatic hydroxyl groups is 1. The van der Waals surface area contributed by atoms with Gasteiger partial charge in [0.1, 0.15) is 0 Å². The molecule has 0 bridgehead atoms. The van der Waals surface area contributed by atoms with Crippen LogP contribution in [0.15, 0.2) is 0 Å². The molecule has 0 aliphatic carbocycles. The van der Waals surface area contributed by atoms with Crippen molar-refractivity contribution >= 4 is 0 Å². The summed E-state index contributed by atoms with van der Waals surface area (Å²) in [6.45, 7) is 8.33. The lowest BCUT2D eigenvalue weighted by molar-refractivity contribution is 0.0605. The van der Waals surface area contributed by atoms with Gasteiger partial charge in [-0.15, -0.1) is 0 Å². The SMILES string of the molecule is CCC(C)(CN)CN1CCC(O)CC1. The molecule has 0 spiro atoms. The van der Waals surface area contributed by atoms with E-state index >= 15 is 0 Å². The summed E-state index contributed by atoms with van der Waals surface area (Å²) in [7, 11) is 0. The third kappa shape index (κ3) is 3.23. The molecule has 1 saturated heterocycles. The molecule has 0 saturated carbocycles. The van der Waals surface area contributed by atoms with Crippen LogP contribution >= 0.6 is 0 Å². The van der Waals surface area contributed by atoms with Gasteiger partial charge in [-0.3, -0.25) is 0 Å². The van der Waals surface area contributed by atoms with E-state index in [0.29, 0.717) is 0 Å². The first-order chi connectivity index (χ1) is 6.59. The second-order valence-corrected chi connectivity index (χ2v) is 4.88. The lowest BCUT2D eigenvalue weighted by Crippen LogP contribution is -2.44. The maximum atomic E-state index is 9.39. The van der Waals surface area contributed by atoms with E-state index in [1.54, 1.807) is 0 Å². The maximum absolute atomic E-state index is 9.39. The first-order valence-electron chi connectivity index (χ1n) is 5.70. The Bertz CT molecular complexity index is 161. The third-order valence-corrected chi connectivity index (χ3v) is 3.51. The molecule has 0 aromatic heterocycles. The second-order valence-electron chi connectivity index (χ2n) is 4.88. The average Bonchev–Trinajstić information content (AvgIpc) is 2.21. The van der Waals surface area contributed by atoms with Gasteiger partial charge in [0, 0.05) is 19.6 Å². The molecular weight excluding hydrogens is 176 g/mol. The predicted octanol–water partition coefficient (Wildman–Crippen LogP) is 0.818. The van der Waals surface area contributed by atoms with Crippen molar-refractivity contribution in [1.82, 2.24) is 4.90 Å². The highest BCUT2D eigenvalue weighted by Crippen LogP contribution is 2.22. The first kappa shape index (κ1) is 12.0. The van der Waals surface area contributed by atoms with Crippen LogP contribution in [0.2, 0.25) is 0 Å². The Morgan fingerprint density at radius 1 is 1.43 bits per heavy atom. The van der Waals surface area contributed by atoms with Crippen LogP contribution in [0.4, 0.5) is 0 Å². The van der Waals surface area contributed by atoms with E-state index < -0.39 is 0 Å². The molecule has 1 aliphatic rings. The summed E-state index contributed by atoms with van der Waals surface area (Å²) in [6, 6.07) is 0. The third-order valence-electron chi connectivity index (χ3n) is 3.51. The van der Waals surface area contributed by atoms with Crippen molar-refractivity contribution in [2.24, 2.45) is 11.1 Å². The smallest absolute Gasteiger partial charge is 0.0564 e. The zero-order valence-corrected chi connectivity index (χ0v) is 9.50. The van der Waals surface area contributed by atoms with E-state index in [2.05, 4.69) is 18.7 Å². The summed E-state index contributed by atoms with van der Waals surface area (Å²) in [5.41, 5.74) is 6.04. The highest BCUT2D eigenvalue weighted by Gasteiger charge is 2.26. The number of nitrogens with zero attached hydrogens (tertiary/aromatic N) is 1. The summed E-state index contributed by atoms with van der Waals surface area (Å²) in [6.07, 6.45) is 2.90. The van der Waals surface area contributed by atoms with Crippen LogP contribution in [-0.4, -0.2) is 42.3 Å². The number of hydrogen-bond donors (Lipinski definition) is 2. The van der Waals surface area contributed by atoms with Gasteiger partial charge in [0.05, 0.1) is 6.10 Å². The zero-order valence-electron chi connectivity index (χ0n) is 9.50. The molecule has 1 atom stereocenters. The van der Waals surface area contributed by atoms with Gasteiger partial charge in [0.25, 0.3) is 0 Å². The van der Waals surface area contributed by atoms with E-state index in [1.165, 1.54) is 0 Å². The van der Waals surface area contributed by atoms with Crippen molar-refractivity contribution in [3.63, 3.8) is 0 Å². The fourth-order valence-corrected chi connectivity index (χ4v) is 1.94. The molecule has 1 fully saturated rings. The van der Waals surface area contributed by atoms with Crippen LogP contribution in [0.3, 0.4) is 0 Å². The Hall–Kier alpha value is -0.120. The second kappa shape index (κ2) is 5.10. The van der Waals surface area contributed by atoms with E-state index in [4.69, 9.17) is 5.73 Å². The fraction of sp³-hybridized carbons (Fsp3) is 1.00. The lowest BCUT2D eigenvalue weighted by atomic mass is 9.86. The standard InChI is InChI=1S/C11H24N2O/c1-3-11(2,8-12)9-13-6-4-10(14)5-7-13/h10,14H,3-9,12H2,1-2H3. The quantitative estimate of drug-likeness (QED) is 0.706. The Kier molecular flexibility index (Phi) is 4.35. The maximum Gasteiger partial charge on any atom is 0.0564 e. The Labute approximate surface area is 87.3 Å². The van der Waals surface area contributed by atoms with Crippen molar-refractivity contribution in [3.05, 3.63) is 0 Å². The molecule has 1 heterocycles. The van der Waals surface area contributed by atoms with Crippen LogP contribution in [-0.2, 0) is 0 Å². The number of aliphatic hydroxyl groups excluding tert-OH is 1. The fourth-order valence-electron chi connectivity index (χ4n) is 1.94. The monoisotopic (exact) mass is 200 g/mol. The number of likely N-dealkylation sites (tertiary alicyclic amines) is 1. The van der Waals surface area contributed by atoms with Gasteiger partial charge in [0.2, 0.25) is 0 Å². The first-order valence-corrected chi connectivity index (χ1v) is 5.70. The Balaban J connectivity index is 2.36. The summed E-state index contributed by atoms with van der Waals surface area (Å²) in [4.78, 5) is 2.43. The highest BCUT2D eigenvalue weighted by molar-refractivity contribution is 4.81. The normalized spacial score (nSPS) is 24.9. The van der Waals surface area contributed by atoms with E-state index in [0.717, 1.165) is 45.4 Å². The summed E-state index contributed by atoms with van der Waals surface area (Å²) < 4.78 is 0. The molecule has 1 aliphatic heterocycles. The molecule has 3 N–H and O–H groups in total. The van der Waals surface area contributed by atoms with Crippen LogP contribution in [0.25, 0.3) is 0 Å². The largest absolute Gasteiger partial charge is 0.393 e. The van der Waals surface area contributed by atoms with Crippen molar-refractivity contribution in [3.8, 4) is 0 Å². The van der Waals surface area contributed by atoms with Crippen LogP contribution in [0.1, 0.15) is 33.1 Å². The number of piperidine rings is 1. The van der Waals surface area contributed by atoms with Crippen LogP contribution in [0, 0.1) is 5.41 Å². The molecule has 0 aromatic rings. The van der Waals surface area contributed by atoms with Crippen molar-refractivity contribution < 1.29 is 5.11 Å². The molecule has 3 nitrogen and oxygen atoms in total. The molecule has 84 valence electrons. The van der Waals surface area contributed by atoms with Crippen LogP contribution < -0.4 is 5.73 Å². The van der Waals surface area contributed by atoms with Crippen molar-refractivity contribution in [2.75, 3.05) is 26.2 Å². The topological polar surface area (TPSA) is 49.5 Å². The molecule has 1 unspecified atom stereocenters. The molecule has 0 amide bonds. The van der Waals surface area contributed by atoms with Crippen LogP contribution in [0.5, 0.6) is 0 Å². The van der Waals surface area contributed by atoms with Gasteiger partial charge in [-0.1, -0.05) is 13.8 Å². The number of nitrogens with two attached hydrogens (primary N) is 1. The number of hydrogen-bond acceptors (Lipinski definition) is 3.